The molecule has 3 N–H and O–H groups in total. The molecule has 1 fully saturated rings. The average Bonchev–Trinajstić information content (AvgIpc) is 2.33. The van der Waals surface area contributed by atoms with Gasteiger partial charge in [-0.25, -0.2) is 4.39 Å². The Morgan fingerprint density at radius 1 is 1.53 bits per heavy atom. The number of methoxy groups -OCH3 is 1. The maximum absolute atomic E-state index is 13.7. The third kappa shape index (κ3) is 2.39. The highest BCUT2D eigenvalue weighted by atomic mass is 19.1. The number of rotatable bonds is 2. The molecule has 2 atom stereocenters. The predicted octanol–water partition coefficient (Wildman–Crippen LogP) is 1.11. The van der Waals surface area contributed by atoms with E-state index in [-0.39, 0.29) is 17.8 Å². The largest absolute Gasteiger partial charge is 0.497 e. The summed E-state index contributed by atoms with van der Waals surface area (Å²) in [6, 6.07) is 3.68. The number of nitrogens with one attached hydrogen (secondary N) is 1. The van der Waals surface area contributed by atoms with E-state index >= 15 is 0 Å². The van der Waals surface area contributed by atoms with Crippen molar-refractivity contribution in [3.63, 3.8) is 0 Å². The Morgan fingerprint density at radius 2 is 2.29 bits per heavy atom. The second-order valence-electron chi connectivity index (χ2n) is 4.14. The van der Waals surface area contributed by atoms with Gasteiger partial charge in [0.15, 0.2) is 0 Å². The van der Waals surface area contributed by atoms with Gasteiger partial charge in [0.1, 0.15) is 11.6 Å². The Kier molecular flexibility index (Phi) is 3.28. The molecule has 0 radical (unpaired) electrons. The van der Waals surface area contributed by atoms with E-state index in [2.05, 4.69) is 5.32 Å². The van der Waals surface area contributed by atoms with Gasteiger partial charge in [-0.1, -0.05) is 0 Å². The van der Waals surface area contributed by atoms with Crippen LogP contribution in [0.25, 0.3) is 0 Å². The molecule has 1 amide bonds. The number of hydrogen-bond acceptors (Lipinski definition) is 3. The second kappa shape index (κ2) is 4.71. The van der Waals surface area contributed by atoms with Crippen LogP contribution in [-0.2, 0) is 4.79 Å². The molecule has 2 rings (SSSR count). The first kappa shape index (κ1) is 11.9. The second-order valence-corrected chi connectivity index (χ2v) is 4.14. The number of amides is 1. The van der Waals surface area contributed by atoms with Gasteiger partial charge >= 0.3 is 0 Å². The molecule has 1 saturated heterocycles. The minimum absolute atomic E-state index is 0.0982. The number of nitrogens with two attached hydrogens (primary N) is 1. The molecule has 1 aromatic rings. The summed E-state index contributed by atoms with van der Waals surface area (Å²) in [7, 11) is 1.51. The lowest BCUT2D eigenvalue weighted by Crippen LogP contribution is -2.46. The standard InChI is InChI=1S/C12H15FN2O2/c1-17-7-2-3-9(13)8(6-7)12-10(14)4-5-11(16)15-12/h2-3,6,10,12H,4-5,14H2,1H3,(H,15,16)/t10-,12-/m1/s1. The number of ether oxygens (including phenoxy) is 1. The van der Waals surface area contributed by atoms with Crippen molar-refractivity contribution in [3.8, 4) is 5.75 Å². The number of halogens is 1. The predicted molar refractivity (Wildman–Crippen MR) is 61.0 cm³/mol. The molecule has 0 bridgehead atoms. The van der Waals surface area contributed by atoms with E-state index in [9.17, 15) is 9.18 Å². The average molecular weight is 238 g/mol. The molecule has 4 nitrogen and oxygen atoms in total. The summed E-state index contributed by atoms with van der Waals surface area (Å²) in [6.07, 6.45) is 0.955. The summed E-state index contributed by atoms with van der Waals surface area (Å²) in [5, 5.41) is 2.72. The van der Waals surface area contributed by atoms with Crippen molar-refractivity contribution in [2.75, 3.05) is 7.11 Å². The summed E-state index contributed by atoms with van der Waals surface area (Å²) >= 11 is 0. The fraction of sp³-hybridized carbons (Fsp3) is 0.417. The zero-order valence-corrected chi connectivity index (χ0v) is 9.57. The first-order valence-electron chi connectivity index (χ1n) is 5.50. The Hall–Kier alpha value is -1.62. The summed E-state index contributed by atoms with van der Waals surface area (Å²) in [6.45, 7) is 0. The van der Waals surface area contributed by atoms with Crippen molar-refractivity contribution in [3.05, 3.63) is 29.6 Å². The van der Waals surface area contributed by atoms with E-state index in [0.29, 0.717) is 24.2 Å². The Morgan fingerprint density at radius 3 is 3.00 bits per heavy atom. The number of carbonyl (C=O) groups excluding carboxylic acids is 1. The van der Waals surface area contributed by atoms with Gasteiger partial charge in [0, 0.05) is 18.0 Å². The van der Waals surface area contributed by atoms with Gasteiger partial charge in [-0.3, -0.25) is 4.79 Å². The maximum Gasteiger partial charge on any atom is 0.220 e. The number of benzene rings is 1. The lowest BCUT2D eigenvalue weighted by Gasteiger charge is -2.30. The molecule has 17 heavy (non-hydrogen) atoms. The molecule has 5 heteroatoms. The zero-order chi connectivity index (χ0) is 12.4. The monoisotopic (exact) mass is 238 g/mol. The third-order valence-corrected chi connectivity index (χ3v) is 2.99. The Bertz CT molecular complexity index is 437. The minimum Gasteiger partial charge on any atom is -0.497 e. The Balaban J connectivity index is 2.34. The van der Waals surface area contributed by atoms with Crippen LogP contribution in [0.3, 0.4) is 0 Å². The van der Waals surface area contributed by atoms with Gasteiger partial charge in [-0.15, -0.1) is 0 Å². The quantitative estimate of drug-likeness (QED) is 0.811. The van der Waals surface area contributed by atoms with Gasteiger partial charge in [-0.05, 0) is 24.6 Å². The van der Waals surface area contributed by atoms with Crippen LogP contribution in [0.5, 0.6) is 5.75 Å². The van der Waals surface area contributed by atoms with E-state index < -0.39 is 6.04 Å². The highest BCUT2D eigenvalue weighted by molar-refractivity contribution is 5.77. The van der Waals surface area contributed by atoms with Crippen LogP contribution < -0.4 is 15.8 Å². The van der Waals surface area contributed by atoms with E-state index in [1.807, 2.05) is 0 Å². The number of hydrogen-bond donors (Lipinski definition) is 2. The highest BCUT2D eigenvalue weighted by Crippen LogP contribution is 2.27. The first-order chi connectivity index (χ1) is 8.11. The highest BCUT2D eigenvalue weighted by Gasteiger charge is 2.29. The molecule has 1 aromatic carbocycles. The Labute approximate surface area is 98.9 Å². The molecule has 0 unspecified atom stereocenters. The molecule has 1 aliphatic heterocycles. The molecule has 1 heterocycles. The molecule has 0 saturated carbocycles. The molecule has 1 aliphatic rings. The molecule has 0 aliphatic carbocycles. The van der Waals surface area contributed by atoms with Crippen LogP contribution >= 0.6 is 0 Å². The normalized spacial score (nSPS) is 24.3. The van der Waals surface area contributed by atoms with Crippen molar-refractivity contribution >= 4 is 5.91 Å². The molecule has 0 spiro atoms. The van der Waals surface area contributed by atoms with Crippen molar-refractivity contribution in [2.24, 2.45) is 5.73 Å². The molecular weight excluding hydrogens is 223 g/mol. The van der Waals surface area contributed by atoms with E-state index in [1.54, 1.807) is 6.07 Å². The summed E-state index contributed by atoms with van der Waals surface area (Å²) in [4.78, 5) is 11.3. The molecular formula is C12H15FN2O2. The lowest BCUT2D eigenvalue weighted by molar-refractivity contribution is -0.123. The summed E-state index contributed by atoms with van der Waals surface area (Å²) < 4.78 is 18.8. The first-order valence-corrected chi connectivity index (χ1v) is 5.50. The van der Waals surface area contributed by atoms with Crippen LogP contribution in [0.4, 0.5) is 4.39 Å². The van der Waals surface area contributed by atoms with E-state index in [0.717, 1.165) is 0 Å². The summed E-state index contributed by atoms with van der Waals surface area (Å²) in [5.41, 5.74) is 6.29. The van der Waals surface area contributed by atoms with Gasteiger partial charge in [0.25, 0.3) is 0 Å². The number of carbonyl (C=O) groups is 1. The van der Waals surface area contributed by atoms with Crippen LogP contribution in [0, 0.1) is 5.82 Å². The van der Waals surface area contributed by atoms with Crippen molar-refractivity contribution in [1.29, 1.82) is 0 Å². The number of piperidine rings is 1. The van der Waals surface area contributed by atoms with Gasteiger partial charge < -0.3 is 15.8 Å². The van der Waals surface area contributed by atoms with Gasteiger partial charge in [0.05, 0.1) is 13.2 Å². The topological polar surface area (TPSA) is 64.3 Å². The summed E-state index contributed by atoms with van der Waals surface area (Å²) in [5.74, 6) is 0.0702. The third-order valence-electron chi connectivity index (χ3n) is 2.99. The van der Waals surface area contributed by atoms with Crippen LogP contribution in [0.15, 0.2) is 18.2 Å². The minimum atomic E-state index is -0.480. The van der Waals surface area contributed by atoms with Crippen molar-refractivity contribution in [2.45, 2.75) is 24.9 Å². The van der Waals surface area contributed by atoms with Crippen molar-refractivity contribution < 1.29 is 13.9 Å². The van der Waals surface area contributed by atoms with Gasteiger partial charge in [0.2, 0.25) is 5.91 Å². The zero-order valence-electron chi connectivity index (χ0n) is 9.57. The lowest BCUT2D eigenvalue weighted by atomic mass is 9.92. The maximum atomic E-state index is 13.7. The SMILES string of the molecule is COc1ccc(F)c([C@H]2NC(=O)CC[C@H]2N)c1. The van der Waals surface area contributed by atoms with E-state index in [1.165, 1.54) is 19.2 Å². The van der Waals surface area contributed by atoms with Crippen molar-refractivity contribution in [1.82, 2.24) is 5.32 Å². The molecule has 0 aromatic heterocycles. The van der Waals surface area contributed by atoms with Crippen LogP contribution in [-0.4, -0.2) is 19.1 Å². The van der Waals surface area contributed by atoms with Gasteiger partial charge in [-0.2, -0.15) is 0 Å². The van der Waals surface area contributed by atoms with E-state index in [4.69, 9.17) is 10.5 Å². The van der Waals surface area contributed by atoms with Crippen LogP contribution in [0.1, 0.15) is 24.4 Å². The smallest absolute Gasteiger partial charge is 0.220 e. The molecule has 92 valence electrons. The fourth-order valence-electron chi connectivity index (χ4n) is 2.01. The fourth-order valence-corrected chi connectivity index (χ4v) is 2.01. The van der Waals surface area contributed by atoms with Crippen LogP contribution in [0.2, 0.25) is 0 Å².